The molecule has 0 radical (unpaired) electrons. The van der Waals surface area contributed by atoms with E-state index in [1.54, 1.807) is 6.08 Å². The maximum atomic E-state index is 11.9. The van der Waals surface area contributed by atoms with E-state index in [9.17, 15) is 19.5 Å². The Morgan fingerprint density at radius 3 is 1.72 bits per heavy atom. The highest BCUT2D eigenvalue weighted by Crippen LogP contribution is 2.12. The maximum Gasteiger partial charge on any atom is 0.305 e. The molecule has 0 aliphatic carbocycles. The number of hydrogen-bond donors (Lipinski definition) is 1. The molecule has 1 N–H and O–H groups in total. The second-order valence-electron chi connectivity index (χ2n) is 11.1. The molecule has 6 nitrogen and oxygen atoms in total. The zero-order valence-corrected chi connectivity index (χ0v) is 25.3. The molecule has 0 fully saturated rings. The molecule has 0 aromatic rings. The van der Waals surface area contributed by atoms with E-state index in [1.807, 2.05) is 12.2 Å². The molecular weight excluding hydrogens is 492 g/mol. The Morgan fingerprint density at radius 2 is 1.18 bits per heavy atom. The predicted molar refractivity (Wildman–Crippen MR) is 159 cm³/mol. The minimum atomic E-state index is -0.998. The Labute approximate surface area is 239 Å². The summed E-state index contributed by atoms with van der Waals surface area (Å²) in [5.41, 5.74) is 0. The lowest BCUT2D eigenvalue weighted by molar-refractivity contribution is -0.152. The first-order valence-electron chi connectivity index (χ1n) is 15.7. The van der Waals surface area contributed by atoms with E-state index in [-0.39, 0.29) is 30.9 Å². The molecule has 0 aliphatic rings. The molecule has 0 aromatic heterocycles. The van der Waals surface area contributed by atoms with E-state index < -0.39 is 6.10 Å². The van der Waals surface area contributed by atoms with Crippen LogP contribution in [0.1, 0.15) is 143 Å². The largest absolute Gasteiger partial charge is 0.463 e. The monoisotopic (exact) mass is 550 g/mol. The zero-order valence-electron chi connectivity index (χ0n) is 25.3. The van der Waals surface area contributed by atoms with Crippen LogP contribution in [0.25, 0.3) is 0 Å². The molecule has 0 bridgehead atoms. The molecule has 0 rings (SSSR count). The summed E-state index contributed by atoms with van der Waals surface area (Å²) in [5, 5.41) is 9.91. The van der Waals surface area contributed by atoms with Crippen molar-refractivity contribution in [2.24, 2.45) is 5.92 Å². The van der Waals surface area contributed by atoms with Crippen LogP contribution in [0.2, 0.25) is 0 Å². The predicted octanol–water partition coefficient (Wildman–Crippen LogP) is 8.20. The van der Waals surface area contributed by atoms with Crippen molar-refractivity contribution in [3.8, 4) is 0 Å². The first-order valence-corrected chi connectivity index (χ1v) is 15.7. The van der Waals surface area contributed by atoms with Gasteiger partial charge in [0, 0.05) is 19.3 Å². The summed E-state index contributed by atoms with van der Waals surface area (Å²) < 4.78 is 10.2. The zero-order chi connectivity index (χ0) is 29.0. The normalized spacial score (nSPS) is 12.4. The van der Waals surface area contributed by atoms with Gasteiger partial charge >= 0.3 is 11.9 Å². The van der Waals surface area contributed by atoms with Crippen LogP contribution in [0.5, 0.6) is 0 Å². The minimum absolute atomic E-state index is 0.148. The SMILES string of the molecule is CCCCC/C=C\C=C\C(=O)CCCCCCCC(=O)OC[C@@H](O)COC(=O)CCCCCCCCC(C)C. The fourth-order valence-electron chi connectivity index (χ4n) is 4.13. The molecule has 6 heteroatoms. The molecule has 0 aliphatic heterocycles. The standard InChI is InChI=1S/C33H58O6/c1-4-5-6-7-8-13-18-23-30(34)24-19-14-11-16-21-26-33(37)39-28-31(35)27-38-32(36)25-20-15-10-9-12-17-22-29(2)3/h8,13,18,23,29,31,35H,4-7,9-12,14-17,19-22,24-28H2,1-3H3/b13-8-,23-18+/t31-/m0/s1. The van der Waals surface area contributed by atoms with Gasteiger partial charge in [-0.05, 0) is 44.1 Å². The van der Waals surface area contributed by atoms with Crippen molar-refractivity contribution in [1.82, 2.24) is 0 Å². The van der Waals surface area contributed by atoms with Crippen LogP contribution in [0.15, 0.2) is 24.3 Å². The first-order chi connectivity index (χ1) is 18.8. The van der Waals surface area contributed by atoms with Crippen molar-refractivity contribution in [3.05, 3.63) is 24.3 Å². The van der Waals surface area contributed by atoms with E-state index >= 15 is 0 Å². The van der Waals surface area contributed by atoms with E-state index in [4.69, 9.17) is 9.47 Å². The molecule has 0 aromatic carbocycles. The van der Waals surface area contributed by atoms with E-state index in [0.717, 1.165) is 63.7 Å². The van der Waals surface area contributed by atoms with Crippen LogP contribution in [-0.4, -0.2) is 42.1 Å². The van der Waals surface area contributed by atoms with Gasteiger partial charge in [-0.15, -0.1) is 0 Å². The Morgan fingerprint density at radius 1 is 0.667 bits per heavy atom. The number of hydrogen-bond acceptors (Lipinski definition) is 6. The summed E-state index contributed by atoms with van der Waals surface area (Å²) in [6.45, 7) is 6.37. The van der Waals surface area contributed by atoms with Gasteiger partial charge in [0.2, 0.25) is 0 Å². The average Bonchev–Trinajstić information content (AvgIpc) is 2.90. The van der Waals surface area contributed by atoms with Gasteiger partial charge in [0.15, 0.2) is 5.78 Å². The molecule has 0 heterocycles. The van der Waals surface area contributed by atoms with Crippen molar-refractivity contribution < 1.29 is 29.0 Å². The number of ether oxygens (including phenoxy) is 2. The molecule has 0 unspecified atom stereocenters. The highest BCUT2D eigenvalue weighted by Gasteiger charge is 2.12. The second kappa shape index (κ2) is 27.6. The number of aliphatic hydroxyl groups is 1. The van der Waals surface area contributed by atoms with Crippen molar-refractivity contribution in [2.75, 3.05) is 13.2 Å². The third-order valence-corrected chi connectivity index (χ3v) is 6.59. The highest BCUT2D eigenvalue weighted by molar-refractivity contribution is 5.89. The van der Waals surface area contributed by atoms with Crippen LogP contribution in [0, 0.1) is 5.92 Å². The Bertz CT molecular complexity index is 667. The number of carbonyl (C=O) groups excluding carboxylic acids is 3. The van der Waals surface area contributed by atoms with Crippen molar-refractivity contribution in [1.29, 1.82) is 0 Å². The van der Waals surface area contributed by atoms with E-state index in [0.29, 0.717) is 19.3 Å². The van der Waals surface area contributed by atoms with Crippen molar-refractivity contribution >= 4 is 17.7 Å². The highest BCUT2D eigenvalue weighted by atomic mass is 16.6. The van der Waals surface area contributed by atoms with Gasteiger partial charge < -0.3 is 14.6 Å². The second-order valence-corrected chi connectivity index (χ2v) is 11.1. The molecule has 39 heavy (non-hydrogen) atoms. The lowest BCUT2D eigenvalue weighted by Crippen LogP contribution is -2.25. The summed E-state index contributed by atoms with van der Waals surface area (Å²) in [4.78, 5) is 35.5. The van der Waals surface area contributed by atoms with Gasteiger partial charge in [0.25, 0.3) is 0 Å². The first kappa shape index (κ1) is 37.0. The van der Waals surface area contributed by atoms with Crippen LogP contribution in [-0.2, 0) is 23.9 Å². The van der Waals surface area contributed by atoms with Crippen LogP contribution in [0.3, 0.4) is 0 Å². The van der Waals surface area contributed by atoms with Crippen LogP contribution >= 0.6 is 0 Å². The number of allylic oxidation sites excluding steroid dienone is 4. The smallest absolute Gasteiger partial charge is 0.305 e. The lowest BCUT2D eigenvalue weighted by atomic mass is 10.0. The molecule has 0 spiro atoms. The summed E-state index contributed by atoms with van der Waals surface area (Å²) in [7, 11) is 0. The van der Waals surface area contributed by atoms with Gasteiger partial charge in [-0.1, -0.05) is 110 Å². The summed E-state index contributed by atoms with van der Waals surface area (Å²) in [5.74, 6) is 0.262. The molecule has 1 atom stereocenters. The Kier molecular flexibility index (Phi) is 26.2. The van der Waals surface area contributed by atoms with E-state index in [2.05, 4.69) is 26.8 Å². The van der Waals surface area contributed by atoms with Crippen LogP contribution in [0.4, 0.5) is 0 Å². The van der Waals surface area contributed by atoms with Crippen molar-refractivity contribution in [3.63, 3.8) is 0 Å². The number of unbranched alkanes of at least 4 members (excludes halogenated alkanes) is 12. The van der Waals surface area contributed by atoms with Gasteiger partial charge in [-0.2, -0.15) is 0 Å². The Hall–Kier alpha value is -1.95. The van der Waals surface area contributed by atoms with Gasteiger partial charge in [0.05, 0.1) is 0 Å². The number of aliphatic hydroxyl groups excluding tert-OH is 1. The fraction of sp³-hybridized carbons (Fsp3) is 0.788. The number of carbonyl (C=O) groups is 3. The molecule has 226 valence electrons. The summed E-state index contributed by atoms with van der Waals surface area (Å²) in [6.07, 6.45) is 24.9. The quantitative estimate of drug-likeness (QED) is 0.0480. The average molecular weight is 551 g/mol. The molecule has 0 saturated carbocycles. The van der Waals surface area contributed by atoms with Gasteiger partial charge in [-0.25, -0.2) is 0 Å². The number of ketones is 1. The number of rotatable bonds is 27. The third kappa shape index (κ3) is 28.9. The number of esters is 2. The summed E-state index contributed by atoms with van der Waals surface area (Å²) in [6, 6.07) is 0. The van der Waals surface area contributed by atoms with Crippen LogP contribution < -0.4 is 0 Å². The third-order valence-electron chi connectivity index (χ3n) is 6.59. The minimum Gasteiger partial charge on any atom is -0.463 e. The van der Waals surface area contributed by atoms with E-state index in [1.165, 1.54) is 44.9 Å². The fourth-order valence-corrected chi connectivity index (χ4v) is 4.13. The van der Waals surface area contributed by atoms with Crippen molar-refractivity contribution in [2.45, 2.75) is 149 Å². The molecule has 0 amide bonds. The maximum absolute atomic E-state index is 11.9. The van der Waals surface area contributed by atoms with Gasteiger partial charge in [-0.3, -0.25) is 14.4 Å². The lowest BCUT2D eigenvalue weighted by Gasteiger charge is -2.12. The van der Waals surface area contributed by atoms with Gasteiger partial charge in [0.1, 0.15) is 19.3 Å². The Balaban J connectivity index is 3.58. The summed E-state index contributed by atoms with van der Waals surface area (Å²) >= 11 is 0. The molecular formula is C33H58O6. The molecule has 0 saturated heterocycles. The topological polar surface area (TPSA) is 89.9 Å².